The SMILES string of the molecule is CS(=O)(=O)N1CCC(N)CC1.CS(=O)(=O)N1CCC(Nc2ncc3c(-c4ccccc4)[nH]nc3n2)CC1.Clc1ncc2c(-c3ccccc3)[nH]nc2n1. The van der Waals surface area contributed by atoms with Gasteiger partial charge < -0.3 is 11.1 Å². The molecule has 280 valence electrons. The Kier molecular flexibility index (Phi) is 12.0. The van der Waals surface area contributed by atoms with Crippen LogP contribution in [0.2, 0.25) is 5.28 Å². The summed E-state index contributed by atoms with van der Waals surface area (Å²) in [5, 5.41) is 19.6. The Morgan fingerprint density at radius 1 is 0.698 bits per heavy atom. The van der Waals surface area contributed by atoms with E-state index in [1.165, 1.54) is 21.1 Å². The molecule has 0 radical (unpaired) electrons. The normalized spacial score (nSPS) is 16.5. The van der Waals surface area contributed by atoms with Gasteiger partial charge in [-0.15, -0.1) is 0 Å². The maximum absolute atomic E-state index is 11.6. The minimum Gasteiger partial charge on any atom is -0.351 e. The molecule has 2 saturated heterocycles. The lowest BCUT2D eigenvalue weighted by Crippen LogP contribution is -2.42. The molecule has 0 bridgehead atoms. The minimum absolute atomic E-state index is 0.151. The highest BCUT2D eigenvalue weighted by Crippen LogP contribution is 2.26. The number of sulfonamides is 2. The molecule has 4 aromatic heterocycles. The third-order valence-electron chi connectivity index (χ3n) is 8.94. The number of piperidine rings is 2. The first-order chi connectivity index (χ1) is 25.3. The fourth-order valence-corrected chi connectivity index (χ4v) is 7.90. The minimum atomic E-state index is -3.11. The smallest absolute Gasteiger partial charge is 0.224 e. The highest BCUT2D eigenvalue weighted by atomic mass is 35.5. The van der Waals surface area contributed by atoms with Crippen molar-refractivity contribution in [2.24, 2.45) is 5.73 Å². The third-order valence-corrected chi connectivity index (χ3v) is 11.7. The average Bonchev–Trinajstić information content (AvgIpc) is 3.77. The predicted octanol–water partition coefficient (Wildman–Crippen LogP) is 3.90. The molecule has 0 aliphatic carbocycles. The maximum Gasteiger partial charge on any atom is 0.224 e. The van der Waals surface area contributed by atoms with Crippen molar-refractivity contribution in [1.82, 2.24) is 48.9 Å². The van der Waals surface area contributed by atoms with E-state index < -0.39 is 20.0 Å². The zero-order valence-corrected chi connectivity index (χ0v) is 31.6. The number of hydrogen-bond donors (Lipinski definition) is 4. The summed E-state index contributed by atoms with van der Waals surface area (Å²) >= 11 is 5.70. The third kappa shape index (κ3) is 9.89. The number of benzene rings is 2. The molecule has 8 rings (SSSR count). The lowest BCUT2D eigenvalue weighted by molar-refractivity contribution is 0.322. The molecule has 2 aliphatic rings. The molecule has 0 spiro atoms. The van der Waals surface area contributed by atoms with E-state index in [1.54, 1.807) is 12.4 Å². The molecule has 5 N–H and O–H groups in total. The van der Waals surface area contributed by atoms with Crippen LogP contribution >= 0.6 is 11.6 Å². The number of nitrogens with zero attached hydrogens (tertiary/aromatic N) is 8. The summed E-state index contributed by atoms with van der Waals surface area (Å²) < 4.78 is 48.1. The monoisotopic (exact) mass is 780 g/mol. The molecule has 16 nitrogen and oxygen atoms in total. The van der Waals surface area contributed by atoms with Crippen LogP contribution in [0.25, 0.3) is 44.6 Å². The molecule has 0 amide bonds. The predicted molar refractivity (Wildman–Crippen MR) is 206 cm³/mol. The van der Waals surface area contributed by atoms with E-state index in [1.807, 2.05) is 60.7 Å². The molecule has 6 aromatic rings. The molecule has 0 saturated carbocycles. The van der Waals surface area contributed by atoms with Crippen LogP contribution in [0.5, 0.6) is 0 Å². The van der Waals surface area contributed by atoms with E-state index >= 15 is 0 Å². The highest BCUT2D eigenvalue weighted by molar-refractivity contribution is 7.88. The Morgan fingerprint density at radius 2 is 1.15 bits per heavy atom. The van der Waals surface area contributed by atoms with E-state index in [-0.39, 0.29) is 17.4 Å². The Bertz CT molecular complexity index is 2340. The number of H-pyrrole nitrogens is 2. The second kappa shape index (κ2) is 16.6. The van der Waals surface area contributed by atoms with Crippen molar-refractivity contribution in [3.63, 3.8) is 0 Å². The van der Waals surface area contributed by atoms with Gasteiger partial charge in [-0.05, 0) is 37.3 Å². The fourth-order valence-electron chi connectivity index (χ4n) is 6.03. The van der Waals surface area contributed by atoms with Crippen molar-refractivity contribution >= 4 is 59.7 Å². The zero-order chi connectivity index (χ0) is 37.6. The Hall–Kier alpha value is -4.59. The van der Waals surface area contributed by atoms with Gasteiger partial charge >= 0.3 is 0 Å². The summed E-state index contributed by atoms with van der Waals surface area (Å²) in [6.45, 7) is 2.19. The molecule has 19 heteroatoms. The van der Waals surface area contributed by atoms with E-state index in [4.69, 9.17) is 17.3 Å². The quantitative estimate of drug-likeness (QED) is 0.177. The van der Waals surface area contributed by atoms with Crippen LogP contribution in [-0.2, 0) is 20.0 Å². The number of anilines is 1. The maximum atomic E-state index is 11.6. The van der Waals surface area contributed by atoms with Crippen LogP contribution in [0.15, 0.2) is 73.1 Å². The molecule has 2 aromatic carbocycles. The van der Waals surface area contributed by atoms with Crippen LogP contribution in [0.1, 0.15) is 25.7 Å². The number of rotatable bonds is 6. The molecular weight excluding hydrogens is 740 g/mol. The Labute approximate surface area is 312 Å². The van der Waals surface area contributed by atoms with Gasteiger partial charge in [-0.25, -0.2) is 35.4 Å². The molecule has 2 aliphatic heterocycles. The van der Waals surface area contributed by atoms with Crippen LogP contribution in [-0.4, -0.2) is 117 Å². The van der Waals surface area contributed by atoms with E-state index in [0.717, 1.165) is 59.0 Å². The summed E-state index contributed by atoms with van der Waals surface area (Å²) in [7, 11) is -6.09. The topological polar surface area (TPSA) is 222 Å². The van der Waals surface area contributed by atoms with Crippen LogP contribution in [0, 0.1) is 0 Å². The largest absolute Gasteiger partial charge is 0.351 e. The second-order valence-corrected chi connectivity index (χ2v) is 17.1. The van der Waals surface area contributed by atoms with E-state index in [0.29, 0.717) is 43.4 Å². The molecule has 2 fully saturated rings. The van der Waals surface area contributed by atoms with Gasteiger partial charge in [0.2, 0.25) is 31.3 Å². The zero-order valence-electron chi connectivity index (χ0n) is 29.2. The van der Waals surface area contributed by atoms with Crippen molar-refractivity contribution in [2.75, 3.05) is 44.0 Å². The summed E-state index contributed by atoms with van der Waals surface area (Å²) in [6, 6.07) is 20.2. The van der Waals surface area contributed by atoms with Gasteiger partial charge in [0.15, 0.2) is 11.3 Å². The lowest BCUT2D eigenvalue weighted by Gasteiger charge is -2.30. The molecule has 6 heterocycles. The molecule has 0 unspecified atom stereocenters. The number of fused-ring (bicyclic) bond motifs is 2. The summed E-state index contributed by atoms with van der Waals surface area (Å²) in [6.07, 6.45) is 8.96. The first-order valence-electron chi connectivity index (χ1n) is 17.0. The lowest BCUT2D eigenvalue weighted by atomic mass is 10.1. The van der Waals surface area contributed by atoms with Crippen LogP contribution in [0.4, 0.5) is 5.95 Å². The number of aromatic amines is 2. The van der Waals surface area contributed by atoms with Gasteiger partial charge in [0, 0.05) is 61.8 Å². The number of aromatic nitrogens is 8. The molecule has 53 heavy (non-hydrogen) atoms. The van der Waals surface area contributed by atoms with E-state index in [2.05, 4.69) is 45.6 Å². The first kappa shape index (κ1) is 38.1. The van der Waals surface area contributed by atoms with Crippen molar-refractivity contribution < 1.29 is 16.8 Å². The van der Waals surface area contributed by atoms with E-state index in [9.17, 15) is 16.8 Å². The standard InChI is InChI=1S/C17H20N6O2S.C11H7ClN4.C6H14N2O2S/c1-26(24,25)23-9-7-13(8-10-23)19-17-18-11-14-15(21-22-16(14)20-17)12-5-3-2-4-6-12;12-11-13-6-8-9(15-16-10(8)14-11)7-4-2-1-3-5-7;1-11(9,10)8-4-2-6(7)3-5-8/h2-6,11,13H,7-10H2,1H3,(H2,18,19,20,21,22);1-6H,(H,13,14,15,16);6H,2-5,7H2,1H3. The van der Waals surface area contributed by atoms with Gasteiger partial charge in [0.25, 0.3) is 0 Å². The van der Waals surface area contributed by atoms with Gasteiger partial charge in [-0.1, -0.05) is 60.7 Å². The fraction of sp³-hybridized carbons (Fsp3) is 0.353. The second-order valence-electron chi connectivity index (χ2n) is 12.8. The average molecular weight is 781 g/mol. The molecule has 0 atom stereocenters. The van der Waals surface area contributed by atoms with Gasteiger partial charge in [0.1, 0.15) is 0 Å². The highest BCUT2D eigenvalue weighted by Gasteiger charge is 2.25. The summed E-state index contributed by atoms with van der Waals surface area (Å²) in [4.78, 5) is 16.9. The van der Waals surface area contributed by atoms with Crippen LogP contribution in [0.3, 0.4) is 0 Å². The number of halogens is 1. The Balaban J connectivity index is 0.000000151. The van der Waals surface area contributed by atoms with Crippen molar-refractivity contribution in [2.45, 2.75) is 37.8 Å². The summed E-state index contributed by atoms with van der Waals surface area (Å²) in [5.41, 5.74) is 10.7. The van der Waals surface area contributed by atoms with Crippen molar-refractivity contribution in [3.05, 3.63) is 78.3 Å². The van der Waals surface area contributed by atoms with Gasteiger partial charge in [-0.2, -0.15) is 20.2 Å². The van der Waals surface area contributed by atoms with Crippen molar-refractivity contribution in [3.8, 4) is 22.5 Å². The number of nitrogens with one attached hydrogen (secondary N) is 3. The number of hydrogen-bond acceptors (Lipinski definition) is 12. The number of nitrogens with two attached hydrogens (primary N) is 1. The first-order valence-corrected chi connectivity index (χ1v) is 21.0. The van der Waals surface area contributed by atoms with Gasteiger partial charge in [-0.3, -0.25) is 10.2 Å². The molecular formula is C34H41ClN12O4S2. The van der Waals surface area contributed by atoms with Gasteiger partial charge in [0.05, 0.1) is 34.7 Å². The Morgan fingerprint density at radius 3 is 1.64 bits per heavy atom. The van der Waals surface area contributed by atoms with Crippen molar-refractivity contribution in [1.29, 1.82) is 0 Å². The summed E-state index contributed by atoms with van der Waals surface area (Å²) in [5.74, 6) is 0.515. The van der Waals surface area contributed by atoms with Crippen LogP contribution < -0.4 is 11.1 Å².